The van der Waals surface area contributed by atoms with Gasteiger partial charge in [-0.15, -0.1) is 0 Å². The van der Waals surface area contributed by atoms with Crippen LogP contribution in [0.15, 0.2) is 23.5 Å². The molecular formula is C15H28O. The third-order valence-corrected chi connectivity index (χ3v) is 2.48. The van der Waals surface area contributed by atoms with Crippen molar-refractivity contribution in [3.05, 3.63) is 23.5 Å². The van der Waals surface area contributed by atoms with Gasteiger partial charge in [-0.25, -0.2) is 0 Å². The number of hydrogen-bond acceptors (Lipinski definition) is 1. The molecule has 94 valence electrons. The molecule has 0 radical (unpaired) electrons. The third kappa shape index (κ3) is 8.58. The van der Waals surface area contributed by atoms with Gasteiger partial charge in [-0.05, 0) is 32.3 Å². The second-order valence-corrected chi connectivity index (χ2v) is 4.27. The van der Waals surface area contributed by atoms with Gasteiger partial charge in [-0.1, -0.05) is 45.3 Å². The van der Waals surface area contributed by atoms with Gasteiger partial charge < -0.3 is 4.74 Å². The summed E-state index contributed by atoms with van der Waals surface area (Å²) < 4.78 is 5.82. The molecule has 0 heterocycles. The molecule has 1 nitrogen and oxygen atoms in total. The van der Waals surface area contributed by atoms with Crippen LogP contribution in [-0.4, -0.2) is 6.61 Å². The van der Waals surface area contributed by atoms with E-state index in [-0.39, 0.29) is 0 Å². The van der Waals surface area contributed by atoms with Crippen LogP contribution in [0.3, 0.4) is 0 Å². The van der Waals surface area contributed by atoms with E-state index in [1.54, 1.807) is 0 Å². The van der Waals surface area contributed by atoms with Crippen molar-refractivity contribution >= 4 is 0 Å². The van der Waals surface area contributed by atoms with Crippen molar-refractivity contribution in [1.29, 1.82) is 0 Å². The lowest BCUT2D eigenvalue weighted by atomic mass is 10.1. The topological polar surface area (TPSA) is 9.23 Å². The maximum Gasteiger partial charge on any atom is 0.0962 e. The summed E-state index contributed by atoms with van der Waals surface area (Å²) >= 11 is 0. The Morgan fingerprint density at radius 1 is 1.06 bits per heavy atom. The first kappa shape index (κ1) is 15.3. The Balaban J connectivity index is 4.22. The molecule has 0 saturated heterocycles. The molecule has 0 unspecified atom stereocenters. The zero-order chi connectivity index (χ0) is 12.2. The molecule has 16 heavy (non-hydrogen) atoms. The fraction of sp³-hybridized carbons (Fsp3) is 0.733. The molecule has 0 aliphatic heterocycles. The maximum absolute atomic E-state index is 5.82. The lowest BCUT2D eigenvalue weighted by molar-refractivity contribution is 0.196. The van der Waals surface area contributed by atoms with E-state index in [2.05, 4.69) is 39.8 Å². The highest BCUT2D eigenvalue weighted by molar-refractivity contribution is 5.18. The Bertz CT molecular complexity index is 213. The predicted octanol–water partition coefficient (Wildman–Crippen LogP) is 5.23. The van der Waals surface area contributed by atoms with E-state index in [1.165, 1.54) is 24.8 Å². The Kier molecular flexibility index (Phi) is 10.3. The van der Waals surface area contributed by atoms with E-state index in [1.807, 2.05) is 0 Å². The summed E-state index contributed by atoms with van der Waals surface area (Å²) in [6, 6.07) is 0. The number of allylic oxidation sites excluding steroid dienone is 4. The Morgan fingerprint density at radius 3 is 2.31 bits per heavy atom. The first-order valence-corrected chi connectivity index (χ1v) is 6.74. The van der Waals surface area contributed by atoms with Crippen LogP contribution in [0.25, 0.3) is 0 Å². The summed E-state index contributed by atoms with van der Waals surface area (Å²) in [6.07, 6.45) is 11.4. The molecule has 0 spiro atoms. The highest BCUT2D eigenvalue weighted by Crippen LogP contribution is 2.13. The number of rotatable bonds is 9. The highest BCUT2D eigenvalue weighted by atomic mass is 16.5. The summed E-state index contributed by atoms with van der Waals surface area (Å²) in [6.45, 7) is 9.60. The monoisotopic (exact) mass is 224 g/mol. The van der Waals surface area contributed by atoms with Crippen molar-refractivity contribution in [2.75, 3.05) is 6.61 Å². The zero-order valence-electron chi connectivity index (χ0n) is 11.5. The van der Waals surface area contributed by atoms with Gasteiger partial charge in [0.05, 0.1) is 12.4 Å². The van der Waals surface area contributed by atoms with Gasteiger partial charge in [-0.3, -0.25) is 0 Å². The predicted molar refractivity (Wildman–Crippen MR) is 72.5 cm³/mol. The molecule has 0 N–H and O–H groups in total. The first-order valence-electron chi connectivity index (χ1n) is 6.74. The van der Waals surface area contributed by atoms with Gasteiger partial charge in [0.1, 0.15) is 0 Å². The molecule has 0 aromatic carbocycles. The zero-order valence-corrected chi connectivity index (χ0v) is 11.5. The SMILES string of the molecule is CCC=C(C)C=C(CCCC)OCCCC. The summed E-state index contributed by atoms with van der Waals surface area (Å²) in [5.74, 6) is 1.16. The minimum absolute atomic E-state index is 0.867. The van der Waals surface area contributed by atoms with Gasteiger partial charge in [0.2, 0.25) is 0 Å². The summed E-state index contributed by atoms with van der Waals surface area (Å²) in [5.41, 5.74) is 1.32. The van der Waals surface area contributed by atoms with Crippen molar-refractivity contribution in [3.63, 3.8) is 0 Å². The molecule has 0 fully saturated rings. The number of ether oxygens (including phenoxy) is 1. The molecular weight excluding hydrogens is 196 g/mol. The number of hydrogen-bond donors (Lipinski definition) is 0. The smallest absolute Gasteiger partial charge is 0.0962 e. The molecule has 0 aromatic rings. The molecule has 1 heteroatoms. The van der Waals surface area contributed by atoms with Crippen LogP contribution in [-0.2, 0) is 4.74 Å². The molecule has 0 aliphatic carbocycles. The Labute approximate surface area is 102 Å². The molecule has 0 amide bonds. The van der Waals surface area contributed by atoms with Crippen molar-refractivity contribution in [2.45, 2.75) is 66.2 Å². The van der Waals surface area contributed by atoms with Gasteiger partial charge in [0, 0.05) is 6.42 Å². The standard InChI is InChI=1S/C15H28O/c1-5-8-11-15(16-12-9-6-2)13-14(4)10-7-3/h10,13H,5-9,11-12H2,1-4H3. The van der Waals surface area contributed by atoms with E-state index < -0.39 is 0 Å². The van der Waals surface area contributed by atoms with Gasteiger partial charge in [-0.2, -0.15) is 0 Å². The van der Waals surface area contributed by atoms with Crippen LogP contribution in [0, 0.1) is 0 Å². The van der Waals surface area contributed by atoms with Crippen LogP contribution >= 0.6 is 0 Å². The van der Waals surface area contributed by atoms with Crippen molar-refractivity contribution in [1.82, 2.24) is 0 Å². The van der Waals surface area contributed by atoms with Crippen molar-refractivity contribution in [3.8, 4) is 0 Å². The average Bonchev–Trinajstić information content (AvgIpc) is 2.26. The second kappa shape index (κ2) is 10.8. The van der Waals surface area contributed by atoms with Crippen molar-refractivity contribution in [2.24, 2.45) is 0 Å². The lowest BCUT2D eigenvalue weighted by Gasteiger charge is -2.10. The van der Waals surface area contributed by atoms with Crippen LogP contribution in [0.1, 0.15) is 66.2 Å². The molecule has 0 aliphatic rings. The largest absolute Gasteiger partial charge is 0.498 e. The van der Waals surface area contributed by atoms with Gasteiger partial charge in [0.25, 0.3) is 0 Å². The summed E-state index contributed by atoms with van der Waals surface area (Å²) in [5, 5.41) is 0. The van der Waals surface area contributed by atoms with Crippen LogP contribution < -0.4 is 0 Å². The van der Waals surface area contributed by atoms with Crippen molar-refractivity contribution < 1.29 is 4.74 Å². The molecule has 0 rings (SSSR count). The number of unbranched alkanes of at least 4 members (excludes halogenated alkanes) is 2. The van der Waals surface area contributed by atoms with Gasteiger partial charge >= 0.3 is 0 Å². The molecule has 0 saturated carbocycles. The van der Waals surface area contributed by atoms with Crippen LogP contribution in [0.4, 0.5) is 0 Å². The Hall–Kier alpha value is -0.720. The second-order valence-electron chi connectivity index (χ2n) is 4.27. The van der Waals surface area contributed by atoms with Crippen LogP contribution in [0.5, 0.6) is 0 Å². The maximum atomic E-state index is 5.82. The lowest BCUT2D eigenvalue weighted by Crippen LogP contribution is -1.96. The Morgan fingerprint density at radius 2 is 1.75 bits per heavy atom. The van der Waals surface area contributed by atoms with Crippen LogP contribution in [0.2, 0.25) is 0 Å². The normalized spacial score (nSPS) is 13.0. The van der Waals surface area contributed by atoms with E-state index >= 15 is 0 Å². The molecule has 0 aromatic heterocycles. The fourth-order valence-electron chi connectivity index (χ4n) is 1.52. The van der Waals surface area contributed by atoms with E-state index in [4.69, 9.17) is 4.74 Å². The van der Waals surface area contributed by atoms with E-state index in [0.29, 0.717) is 0 Å². The average molecular weight is 224 g/mol. The molecule has 0 atom stereocenters. The van der Waals surface area contributed by atoms with E-state index in [9.17, 15) is 0 Å². The fourth-order valence-corrected chi connectivity index (χ4v) is 1.52. The molecule has 0 bridgehead atoms. The van der Waals surface area contributed by atoms with Gasteiger partial charge in [0.15, 0.2) is 0 Å². The minimum Gasteiger partial charge on any atom is -0.498 e. The summed E-state index contributed by atoms with van der Waals surface area (Å²) in [7, 11) is 0. The summed E-state index contributed by atoms with van der Waals surface area (Å²) in [4.78, 5) is 0. The highest BCUT2D eigenvalue weighted by Gasteiger charge is 1.98. The van der Waals surface area contributed by atoms with E-state index in [0.717, 1.165) is 31.6 Å². The first-order chi connectivity index (χ1) is 7.74. The quantitative estimate of drug-likeness (QED) is 0.296. The third-order valence-electron chi connectivity index (χ3n) is 2.48. The minimum atomic E-state index is 0.867.